The average molecular weight is 312 g/mol. The number of hydrogen-bond donors (Lipinski definition) is 2. The Morgan fingerprint density at radius 3 is 2.70 bits per heavy atom. The highest BCUT2D eigenvalue weighted by atomic mass is 16.2. The van der Waals surface area contributed by atoms with Crippen LogP contribution in [-0.4, -0.2) is 25.5 Å². The van der Waals surface area contributed by atoms with Gasteiger partial charge in [-0.1, -0.05) is 24.3 Å². The van der Waals surface area contributed by atoms with Gasteiger partial charge in [-0.15, -0.1) is 0 Å². The third-order valence-electron chi connectivity index (χ3n) is 6.34. The molecule has 3 nitrogen and oxygen atoms in total. The summed E-state index contributed by atoms with van der Waals surface area (Å²) in [7, 11) is 0. The molecule has 2 N–H and O–H groups in total. The van der Waals surface area contributed by atoms with Crippen LogP contribution in [0.25, 0.3) is 0 Å². The van der Waals surface area contributed by atoms with Gasteiger partial charge in [0.15, 0.2) is 0 Å². The maximum atomic E-state index is 12.5. The Hall–Kier alpha value is -1.35. The van der Waals surface area contributed by atoms with Crippen LogP contribution in [0.3, 0.4) is 0 Å². The second-order valence-electron chi connectivity index (χ2n) is 7.91. The number of rotatable bonds is 5. The van der Waals surface area contributed by atoms with Crippen molar-refractivity contribution in [3.8, 4) is 0 Å². The summed E-state index contributed by atoms with van der Waals surface area (Å²) >= 11 is 0. The molecule has 0 radical (unpaired) electrons. The molecule has 4 rings (SSSR count). The Balaban J connectivity index is 1.32. The number of benzene rings is 1. The summed E-state index contributed by atoms with van der Waals surface area (Å²) in [6, 6.07) is 8.65. The van der Waals surface area contributed by atoms with Crippen molar-refractivity contribution in [1.29, 1.82) is 0 Å². The Labute approximate surface area is 139 Å². The van der Waals surface area contributed by atoms with E-state index in [1.807, 2.05) is 0 Å². The molecule has 1 aromatic carbocycles. The van der Waals surface area contributed by atoms with Gasteiger partial charge in [0.25, 0.3) is 0 Å². The lowest BCUT2D eigenvalue weighted by molar-refractivity contribution is -0.122. The maximum absolute atomic E-state index is 12.5. The number of aryl methyl sites for hydroxylation is 1. The van der Waals surface area contributed by atoms with Crippen molar-refractivity contribution in [2.45, 2.75) is 44.4 Å². The van der Waals surface area contributed by atoms with Crippen LogP contribution in [0, 0.1) is 24.7 Å². The molecule has 2 aliphatic carbocycles. The van der Waals surface area contributed by atoms with Crippen LogP contribution in [-0.2, 0) is 10.2 Å². The zero-order valence-electron chi connectivity index (χ0n) is 14.1. The van der Waals surface area contributed by atoms with Gasteiger partial charge < -0.3 is 10.6 Å². The molecule has 2 saturated carbocycles. The Morgan fingerprint density at radius 2 is 2.00 bits per heavy atom. The maximum Gasteiger partial charge on any atom is 0.223 e. The second kappa shape index (κ2) is 5.94. The van der Waals surface area contributed by atoms with E-state index in [0.29, 0.717) is 17.7 Å². The number of hydrogen-bond acceptors (Lipinski definition) is 2. The first kappa shape index (κ1) is 15.2. The zero-order chi connectivity index (χ0) is 15.9. The quantitative estimate of drug-likeness (QED) is 0.878. The van der Waals surface area contributed by atoms with Crippen LogP contribution in [0.5, 0.6) is 0 Å². The van der Waals surface area contributed by atoms with E-state index < -0.39 is 0 Å². The molecule has 23 heavy (non-hydrogen) atoms. The molecule has 3 heteroatoms. The predicted octanol–water partition coefficient (Wildman–Crippen LogP) is 2.78. The minimum absolute atomic E-state index is 0.222. The van der Waals surface area contributed by atoms with Crippen molar-refractivity contribution in [2.75, 3.05) is 19.6 Å². The summed E-state index contributed by atoms with van der Waals surface area (Å²) in [5.41, 5.74) is 3.02. The molecule has 1 heterocycles. The lowest BCUT2D eigenvalue weighted by Gasteiger charge is -2.23. The number of carbonyl (C=O) groups excluding carboxylic acids is 1. The first-order valence-corrected chi connectivity index (χ1v) is 9.24. The molecule has 2 atom stereocenters. The Kier molecular flexibility index (Phi) is 3.92. The smallest absolute Gasteiger partial charge is 0.223 e. The minimum atomic E-state index is 0.222. The largest absolute Gasteiger partial charge is 0.355 e. The number of amides is 1. The third kappa shape index (κ3) is 3.03. The van der Waals surface area contributed by atoms with Gasteiger partial charge in [-0.25, -0.2) is 0 Å². The highest BCUT2D eigenvalue weighted by Gasteiger charge is 2.49. The summed E-state index contributed by atoms with van der Waals surface area (Å²) in [6.07, 6.45) is 6.04. The molecule has 0 spiro atoms. The fraction of sp³-hybridized carbons (Fsp3) is 0.650. The first-order chi connectivity index (χ1) is 11.2. The van der Waals surface area contributed by atoms with Gasteiger partial charge in [-0.2, -0.15) is 0 Å². The molecule has 0 unspecified atom stereocenters. The van der Waals surface area contributed by atoms with Crippen LogP contribution < -0.4 is 10.6 Å². The van der Waals surface area contributed by atoms with Crippen molar-refractivity contribution in [2.24, 2.45) is 17.8 Å². The highest BCUT2D eigenvalue weighted by Crippen LogP contribution is 2.50. The zero-order valence-corrected chi connectivity index (χ0v) is 14.1. The molecule has 1 saturated heterocycles. The average Bonchev–Trinajstić information content (AvgIpc) is 3.48. The normalized spacial score (nSPS) is 29.1. The van der Waals surface area contributed by atoms with Gasteiger partial charge in [-0.3, -0.25) is 4.79 Å². The number of carbonyl (C=O) groups is 1. The first-order valence-electron chi connectivity index (χ1n) is 9.24. The lowest BCUT2D eigenvalue weighted by Crippen LogP contribution is -2.35. The predicted molar refractivity (Wildman–Crippen MR) is 92.3 cm³/mol. The van der Waals surface area contributed by atoms with E-state index >= 15 is 0 Å². The monoisotopic (exact) mass is 312 g/mol. The summed E-state index contributed by atoms with van der Waals surface area (Å²) in [6.45, 7) is 5.27. The van der Waals surface area contributed by atoms with E-state index in [2.05, 4.69) is 41.8 Å². The third-order valence-corrected chi connectivity index (χ3v) is 6.34. The molecular formula is C20H28N2O. The SMILES string of the molecule is Cc1ccccc1C1(CNC(=O)[C@@H]2C[C@H]2C2CCNCC2)CC1. The van der Waals surface area contributed by atoms with E-state index in [0.717, 1.165) is 32.0 Å². The number of piperidine rings is 1. The standard InChI is InChI=1S/C20H28N2O/c1-14-4-2-3-5-18(14)20(8-9-20)13-22-19(23)17-12-16(17)15-6-10-21-11-7-15/h2-5,15-17,21H,6-13H2,1H3,(H,22,23)/t16-,17+/m0/s1. The second-order valence-corrected chi connectivity index (χ2v) is 7.91. The molecule has 1 aromatic rings. The molecular weight excluding hydrogens is 284 g/mol. The van der Waals surface area contributed by atoms with Crippen LogP contribution in [0.4, 0.5) is 0 Å². The van der Waals surface area contributed by atoms with E-state index in [-0.39, 0.29) is 5.41 Å². The van der Waals surface area contributed by atoms with E-state index in [1.165, 1.54) is 36.8 Å². The summed E-state index contributed by atoms with van der Waals surface area (Å²) in [4.78, 5) is 12.5. The fourth-order valence-electron chi connectivity index (χ4n) is 4.56. The van der Waals surface area contributed by atoms with Crippen LogP contribution >= 0.6 is 0 Å². The van der Waals surface area contributed by atoms with Gasteiger partial charge in [0, 0.05) is 17.9 Å². The van der Waals surface area contributed by atoms with E-state index in [9.17, 15) is 4.79 Å². The van der Waals surface area contributed by atoms with Crippen LogP contribution in [0.2, 0.25) is 0 Å². The van der Waals surface area contributed by atoms with Crippen molar-refractivity contribution < 1.29 is 4.79 Å². The molecule has 1 aliphatic heterocycles. The van der Waals surface area contributed by atoms with Crippen LogP contribution in [0.15, 0.2) is 24.3 Å². The lowest BCUT2D eigenvalue weighted by atomic mass is 9.91. The van der Waals surface area contributed by atoms with Crippen LogP contribution in [0.1, 0.15) is 43.2 Å². The summed E-state index contributed by atoms with van der Waals surface area (Å²) in [5, 5.41) is 6.71. The topological polar surface area (TPSA) is 41.1 Å². The summed E-state index contributed by atoms with van der Waals surface area (Å²) in [5.74, 6) is 2.04. The van der Waals surface area contributed by atoms with Crippen molar-refractivity contribution in [3.05, 3.63) is 35.4 Å². The van der Waals surface area contributed by atoms with Crippen molar-refractivity contribution >= 4 is 5.91 Å². The van der Waals surface area contributed by atoms with Gasteiger partial charge in [0.1, 0.15) is 0 Å². The van der Waals surface area contributed by atoms with Gasteiger partial charge in [-0.05, 0) is 75.1 Å². The molecule has 3 aliphatic rings. The Morgan fingerprint density at radius 1 is 1.26 bits per heavy atom. The van der Waals surface area contributed by atoms with Crippen molar-refractivity contribution in [1.82, 2.24) is 10.6 Å². The van der Waals surface area contributed by atoms with Gasteiger partial charge in [0.05, 0.1) is 0 Å². The molecule has 124 valence electrons. The number of nitrogens with one attached hydrogen (secondary N) is 2. The molecule has 0 bridgehead atoms. The summed E-state index contributed by atoms with van der Waals surface area (Å²) < 4.78 is 0. The van der Waals surface area contributed by atoms with E-state index in [4.69, 9.17) is 0 Å². The van der Waals surface area contributed by atoms with Gasteiger partial charge >= 0.3 is 0 Å². The van der Waals surface area contributed by atoms with Crippen molar-refractivity contribution in [3.63, 3.8) is 0 Å². The molecule has 1 amide bonds. The molecule has 3 fully saturated rings. The fourth-order valence-corrected chi connectivity index (χ4v) is 4.56. The molecule has 0 aromatic heterocycles. The van der Waals surface area contributed by atoms with Gasteiger partial charge in [0.2, 0.25) is 5.91 Å². The van der Waals surface area contributed by atoms with E-state index in [1.54, 1.807) is 0 Å². The minimum Gasteiger partial charge on any atom is -0.355 e. The Bertz CT molecular complexity index is 587. The highest BCUT2D eigenvalue weighted by molar-refractivity contribution is 5.81.